The number of hydrogen-bond acceptors (Lipinski definition) is 4. The van der Waals surface area contributed by atoms with Crippen molar-refractivity contribution in [3.8, 4) is 5.75 Å². The van der Waals surface area contributed by atoms with Crippen molar-refractivity contribution in [1.29, 1.82) is 0 Å². The minimum Gasteiger partial charge on any atom is -0.406 e. The lowest BCUT2D eigenvalue weighted by atomic mass is 9.49. The number of rotatable bonds is 5. The number of hydrazine groups is 1. The molecule has 4 aliphatic rings. The second-order valence-corrected chi connectivity index (χ2v) is 9.96. The highest BCUT2D eigenvalue weighted by molar-refractivity contribution is 7.89. The molecule has 10 heteroatoms. The van der Waals surface area contributed by atoms with Gasteiger partial charge in [0.15, 0.2) is 0 Å². The fourth-order valence-corrected chi connectivity index (χ4v) is 6.35. The summed E-state index contributed by atoms with van der Waals surface area (Å²) >= 11 is 0. The van der Waals surface area contributed by atoms with E-state index in [1.165, 1.54) is 0 Å². The summed E-state index contributed by atoms with van der Waals surface area (Å²) in [6.45, 7) is 0. The number of nitrogens with one attached hydrogen (secondary N) is 2. The predicted octanol–water partition coefficient (Wildman–Crippen LogP) is 3.11. The van der Waals surface area contributed by atoms with Crippen LogP contribution in [0.5, 0.6) is 5.75 Å². The molecule has 2 N–H and O–H groups in total. The number of hydrogen-bond donors (Lipinski definition) is 2. The van der Waals surface area contributed by atoms with Gasteiger partial charge in [-0.3, -0.25) is 10.2 Å². The fourth-order valence-electron chi connectivity index (χ4n) is 5.51. The van der Waals surface area contributed by atoms with Gasteiger partial charge in [-0.1, -0.05) is 0 Å². The third-order valence-corrected chi connectivity index (χ3v) is 7.45. The highest BCUT2D eigenvalue weighted by atomic mass is 32.2. The molecular formula is C18H21F3N2O4S. The van der Waals surface area contributed by atoms with Gasteiger partial charge in [0.1, 0.15) is 5.75 Å². The van der Waals surface area contributed by atoms with Crippen LogP contribution in [0.25, 0.3) is 0 Å². The molecule has 4 aliphatic carbocycles. The first-order valence-electron chi connectivity index (χ1n) is 9.23. The van der Waals surface area contributed by atoms with E-state index in [0.717, 1.165) is 62.8 Å². The standard InChI is InChI=1S/C18H21F3N2O4S/c19-18(20,21)27-14-1-3-15(4-2-14)28(25,26)23-22-16(24)17-8-11-5-12(9-17)7-13(6-11)10-17/h1-4,11-13,23H,5-10H2,(H,22,24). The first kappa shape index (κ1) is 19.5. The van der Waals surface area contributed by atoms with Gasteiger partial charge >= 0.3 is 6.36 Å². The topological polar surface area (TPSA) is 84.5 Å². The number of sulfonamides is 1. The first-order chi connectivity index (χ1) is 13.0. The largest absolute Gasteiger partial charge is 0.573 e. The molecule has 154 valence electrons. The average molecular weight is 418 g/mol. The molecule has 1 aromatic carbocycles. The molecule has 4 bridgehead atoms. The van der Waals surface area contributed by atoms with E-state index in [2.05, 4.69) is 15.0 Å². The van der Waals surface area contributed by atoms with Gasteiger partial charge in [-0.15, -0.1) is 18.0 Å². The van der Waals surface area contributed by atoms with Crippen LogP contribution in [-0.4, -0.2) is 20.7 Å². The van der Waals surface area contributed by atoms with Gasteiger partial charge in [-0.05, 0) is 80.5 Å². The number of halogens is 3. The van der Waals surface area contributed by atoms with Gasteiger partial charge in [-0.2, -0.15) is 0 Å². The maximum Gasteiger partial charge on any atom is 0.573 e. The molecule has 0 saturated heterocycles. The molecule has 1 amide bonds. The van der Waals surface area contributed by atoms with E-state index in [9.17, 15) is 26.4 Å². The smallest absolute Gasteiger partial charge is 0.406 e. The number of carbonyl (C=O) groups excluding carboxylic acids is 1. The van der Waals surface area contributed by atoms with Crippen LogP contribution in [0.4, 0.5) is 13.2 Å². The molecule has 6 nitrogen and oxygen atoms in total. The van der Waals surface area contributed by atoms with Crippen molar-refractivity contribution in [2.45, 2.75) is 49.8 Å². The lowest BCUT2D eigenvalue weighted by Crippen LogP contribution is -2.56. The Morgan fingerprint density at radius 2 is 1.50 bits per heavy atom. The van der Waals surface area contributed by atoms with Crippen LogP contribution in [0, 0.1) is 23.2 Å². The summed E-state index contributed by atoms with van der Waals surface area (Å²) in [6.07, 6.45) is 0.979. The molecule has 0 heterocycles. The van der Waals surface area contributed by atoms with Crippen LogP contribution >= 0.6 is 0 Å². The Morgan fingerprint density at radius 1 is 1.00 bits per heavy atom. The minimum atomic E-state index is -4.86. The zero-order valence-electron chi connectivity index (χ0n) is 15.0. The molecule has 0 radical (unpaired) electrons. The maximum atomic E-state index is 12.8. The quantitative estimate of drug-likeness (QED) is 0.720. The van der Waals surface area contributed by atoms with E-state index in [4.69, 9.17) is 0 Å². The third kappa shape index (κ3) is 3.84. The fraction of sp³-hybridized carbons (Fsp3) is 0.611. The third-order valence-electron chi connectivity index (χ3n) is 6.19. The van der Waals surface area contributed by atoms with Gasteiger partial charge in [0, 0.05) is 0 Å². The summed E-state index contributed by atoms with van der Waals surface area (Å²) < 4.78 is 65.0. The molecule has 0 aliphatic heterocycles. The minimum absolute atomic E-state index is 0.271. The van der Waals surface area contributed by atoms with E-state index in [1.807, 2.05) is 0 Å². The zero-order valence-corrected chi connectivity index (χ0v) is 15.8. The normalized spacial score (nSPS) is 31.6. The SMILES string of the molecule is O=C(NNS(=O)(=O)c1ccc(OC(F)(F)F)cc1)C12CC3CC(CC(C3)C1)C2. The highest BCUT2D eigenvalue weighted by Crippen LogP contribution is 2.60. The van der Waals surface area contributed by atoms with Crippen molar-refractivity contribution < 1.29 is 31.1 Å². The molecule has 0 spiro atoms. The van der Waals surface area contributed by atoms with Crippen molar-refractivity contribution in [3.63, 3.8) is 0 Å². The molecule has 5 rings (SSSR count). The predicted molar refractivity (Wildman–Crippen MR) is 92.2 cm³/mol. The van der Waals surface area contributed by atoms with Crippen molar-refractivity contribution in [3.05, 3.63) is 24.3 Å². The second-order valence-electron chi connectivity index (χ2n) is 8.28. The zero-order chi connectivity index (χ0) is 20.2. The van der Waals surface area contributed by atoms with E-state index in [0.29, 0.717) is 17.8 Å². The Kier molecular flexibility index (Phi) is 4.61. The molecule has 28 heavy (non-hydrogen) atoms. The lowest BCUT2D eigenvalue weighted by Gasteiger charge is -2.55. The summed E-state index contributed by atoms with van der Waals surface area (Å²) in [5.41, 5.74) is 1.83. The Hall–Kier alpha value is -1.81. The average Bonchev–Trinajstić information content (AvgIpc) is 2.57. The number of ether oxygens (including phenoxy) is 1. The number of carbonyl (C=O) groups is 1. The first-order valence-corrected chi connectivity index (χ1v) is 10.7. The molecule has 0 atom stereocenters. The van der Waals surface area contributed by atoms with Gasteiger partial charge in [0.2, 0.25) is 5.91 Å². The Balaban J connectivity index is 1.41. The van der Waals surface area contributed by atoms with Crippen molar-refractivity contribution in [2.75, 3.05) is 0 Å². The van der Waals surface area contributed by atoms with Crippen molar-refractivity contribution >= 4 is 15.9 Å². The summed E-state index contributed by atoms with van der Waals surface area (Å²) in [6, 6.07) is 3.78. The van der Waals surface area contributed by atoms with E-state index < -0.39 is 27.6 Å². The van der Waals surface area contributed by atoms with E-state index >= 15 is 0 Å². The molecule has 1 aromatic rings. The summed E-state index contributed by atoms with van der Waals surface area (Å²) in [5, 5.41) is 0. The molecule has 0 unspecified atom stereocenters. The van der Waals surface area contributed by atoms with Gasteiger partial charge in [0.25, 0.3) is 10.0 Å². The number of benzene rings is 1. The van der Waals surface area contributed by atoms with Gasteiger partial charge in [-0.25, -0.2) is 8.42 Å². The number of alkyl halides is 3. The molecule has 0 aromatic heterocycles. The summed E-state index contributed by atoms with van der Waals surface area (Å²) in [5.74, 6) is 0.774. The van der Waals surface area contributed by atoms with Crippen LogP contribution in [-0.2, 0) is 14.8 Å². The van der Waals surface area contributed by atoms with Crippen molar-refractivity contribution in [1.82, 2.24) is 10.3 Å². The van der Waals surface area contributed by atoms with Gasteiger partial charge < -0.3 is 4.74 Å². The Bertz CT molecular complexity index is 833. The lowest BCUT2D eigenvalue weighted by molar-refractivity contribution is -0.274. The van der Waals surface area contributed by atoms with Crippen LogP contribution in [0.3, 0.4) is 0 Å². The molecule has 4 fully saturated rings. The van der Waals surface area contributed by atoms with Gasteiger partial charge in [0.05, 0.1) is 10.3 Å². The monoisotopic (exact) mass is 418 g/mol. The number of amides is 1. The Labute approximate surface area is 160 Å². The van der Waals surface area contributed by atoms with E-state index in [1.54, 1.807) is 0 Å². The summed E-state index contributed by atoms with van der Waals surface area (Å²) in [4.78, 5) is 14.6. The molecular weight excluding hydrogens is 397 g/mol. The van der Waals surface area contributed by atoms with Crippen LogP contribution in [0.15, 0.2) is 29.2 Å². The molecule has 4 saturated carbocycles. The van der Waals surface area contributed by atoms with Crippen LogP contribution < -0.4 is 15.0 Å². The Morgan fingerprint density at radius 3 is 1.96 bits per heavy atom. The van der Waals surface area contributed by atoms with Crippen LogP contribution in [0.1, 0.15) is 38.5 Å². The maximum absolute atomic E-state index is 12.8. The summed E-state index contributed by atoms with van der Waals surface area (Å²) in [7, 11) is -4.11. The highest BCUT2D eigenvalue weighted by Gasteiger charge is 2.54. The second kappa shape index (κ2) is 6.62. The van der Waals surface area contributed by atoms with Crippen LogP contribution in [0.2, 0.25) is 0 Å². The van der Waals surface area contributed by atoms with E-state index in [-0.39, 0.29) is 10.8 Å². The van der Waals surface area contributed by atoms with Crippen molar-refractivity contribution in [2.24, 2.45) is 23.2 Å².